The van der Waals surface area contributed by atoms with Crippen molar-refractivity contribution in [3.8, 4) is 6.07 Å². The van der Waals surface area contributed by atoms with E-state index in [2.05, 4.69) is 11.4 Å². The van der Waals surface area contributed by atoms with Gasteiger partial charge >= 0.3 is 0 Å². The summed E-state index contributed by atoms with van der Waals surface area (Å²) in [6.07, 6.45) is 1.26. The monoisotopic (exact) mass is 206 g/mol. The molecule has 15 heavy (non-hydrogen) atoms. The summed E-state index contributed by atoms with van der Waals surface area (Å²) in [6.45, 7) is 2.60. The van der Waals surface area contributed by atoms with E-state index in [-0.39, 0.29) is 11.9 Å². The van der Waals surface area contributed by atoms with Gasteiger partial charge in [0.25, 0.3) is 0 Å². The van der Waals surface area contributed by atoms with Crippen molar-refractivity contribution in [1.82, 2.24) is 5.32 Å². The number of nitrogens with one attached hydrogen (secondary N) is 1. The van der Waals surface area contributed by atoms with Crippen LogP contribution in [0.15, 0.2) is 24.3 Å². The van der Waals surface area contributed by atoms with E-state index in [1.807, 2.05) is 13.0 Å². The molecule has 0 aliphatic heterocycles. The van der Waals surface area contributed by atoms with E-state index >= 15 is 0 Å². The van der Waals surface area contributed by atoms with Gasteiger partial charge in [-0.2, -0.15) is 5.26 Å². The topological polar surface area (TPSA) is 35.8 Å². The molecular weight excluding hydrogens is 191 g/mol. The maximum atomic E-state index is 13.4. The quantitative estimate of drug-likeness (QED) is 0.752. The highest BCUT2D eigenvalue weighted by Gasteiger charge is 2.11. The molecule has 0 saturated heterocycles. The number of benzene rings is 1. The first kappa shape index (κ1) is 11.7. The predicted molar refractivity (Wildman–Crippen MR) is 57.7 cm³/mol. The molecule has 0 saturated carbocycles. The van der Waals surface area contributed by atoms with Crippen LogP contribution in [0.5, 0.6) is 0 Å². The van der Waals surface area contributed by atoms with Gasteiger partial charge in [-0.15, -0.1) is 0 Å². The molecule has 0 spiro atoms. The maximum Gasteiger partial charge on any atom is 0.127 e. The second-order valence-electron chi connectivity index (χ2n) is 3.34. The van der Waals surface area contributed by atoms with Gasteiger partial charge in [0.1, 0.15) is 5.82 Å². The first-order valence-corrected chi connectivity index (χ1v) is 5.14. The Labute approximate surface area is 89.7 Å². The van der Waals surface area contributed by atoms with Crippen molar-refractivity contribution in [2.75, 3.05) is 6.54 Å². The molecule has 0 bridgehead atoms. The molecule has 1 aromatic rings. The number of hydrogen-bond acceptors (Lipinski definition) is 2. The van der Waals surface area contributed by atoms with Crippen LogP contribution in [0.3, 0.4) is 0 Å². The van der Waals surface area contributed by atoms with Gasteiger partial charge in [-0.05, 0) is 12.5 Å². The molecular formula is C12H15FN2. The van der Waals surface area contributed by atoms with Gasteiger partial charge in [0.05, 0.1) is 6.07 Å². The highest BCUT2D eigenvalue weighted by molar-refractivity contribution is 5.21. The van der Waals surface area contributed by atoms with Gasteiger partial charge in [-0.3, -0.25) is 0 Å². The van der Waals surface area contributed by atoms with Crippen molar-refractivity contribution in [3.05, 3.63) is 35.6 Å². The van der Waals surface area contributed by atoms with E-state index in [0.717, 1.165) is 6.42 Å². The molecule has 1 N–H and O–H groups in total. The lowest BCUT2D eigenvalue weighted by molar-refractivity contribution is 0.494. The zero-order valence-corrected chi connectivity index (χ0v) is 8.83. The molecule has 1 unspecified atom stereocenters. The summed E-state index contributed by atoms with van der Waals surface area (Å²) in [7, 11) is 0. The second kappa shape index (κ2) is 6.15. The van der Waals surface area contributed by atoms with Crippen LogP contribution in [0.1, 0.15) is 31.4 Å². The van der Waals surface area contributed by atoms with E-state index in [4.69, 9.17) is 5.26 Å². The molecule has 2 nitrogen and oxygen atoms in total. The Hall–Kier alpha value is -1.40. The SMILES string of the molecule is CCC(NCCC#N)c1ccccc1F. The number of nitrogens with zero attached hydrogens (tertiary/aromatic N) is 1. The largest absolute Gasteiger partial charge is 0.309 e. The molecule has 0 fully saturated rings. The Morgan fingerprint density at radius 1 is 1.47 bits per heavy atom. The molecule has 0 aromatic heterocycles. The van der Waals surface area contributed by atoms with Gasteiger partial charge < -0.3 is 5.32 Å². The van der Waals surface area contributed by atoms with Gasteiger partial charge in [0.15, 0.2) is 0 Å². The number of hydrogen-bond donors (Lipinski definition) is 1. The van der Waals surface area contributed by atoms with Crippen molar-refractivity contribution in [1.29, 1.82) is 5.26 Å². The van der Waals surface area contributed by atoms with Gasteiger partial charge in [0.2, 0.25) is 0 Å². The third kappa shape index (κ3) is 3.34. The Bertz CT molecular complexity index is 344. The molecule has 80 valence electrons. The maximum absolute atomic E-state index is 13.4. The van der Waals surface area contributed by atoms with Crippen molar-refractivity contribution in [3.63, 3.8) is 0 Å². The molecule has 0 aliphatic carbocycles. The molecule has 0 heterocycles. The van der Waals surface area contributed by atoms with E-state index < -0.39 is 0 Å². The lowest BCUT2D eigenvalue weighted by Crippen LogP contribution is -2.22. The summed E-state index contributed by atoms with van der Waals surface area (Å²) in [5, 5.41) is 11.6. The molecule has 1 rings (SSSR count). The van der Waals surface area contributed by atoms with Crippen molar-refractivity contribution < 1.29 is 4.39 Å². The normalized spacial score (nSPS) is 12.1. The van der Waals surface area contributed by atoms with Crippen LogP contribution in [0.25, 0.3) is 0 Å². The third-order valence-electron chi connectivity index (χ3n) is 2.32. The summed E-state index contributed by atoms with van der Waals surface area (Å²) >= 11 is 0. The van der Waals surface area contributed by atoms with Gasteiger partial charge in [0, 0.05) is 24.6 Å². The van der Waals surface area contributed by atoms with E-state index in [1.54, 1.807) is 12.1 Å². The lowest BCUT2D eigenvalue weighted by Gasteiger charge is -2.17. The first-order valence-electron chi connectivity index (χ1n) is 5.14. The fourth-order valence-corrected chi connectivity index (χ4v) is 1.53. The molecule has 1 atom stereocenters. The first-order chi connectivity index (χ1) is 7.29. The smallest absolute Gasteiger partial charge is 0.127 e. The van der Waals surface area contributed by atoms with Crippen LogP contribution in [0, 0.1) is 17.1 Å². The summed E-state index contributed by atoms with van der Waals surface area (Å²) in [5.74, 6) is -0.186. The Morgan fingerprint density at radius 3 is 2.80 bits per heavy atom. The van der Waals surface area contributed by atoms with Crippen LogP contribution in [0.2, 0.25) is 0 Å². The minimum atomic E-state index is -0.186. The fourth-order valence-electron chi connectivity index (χ4n) is 1.53. The minimum Gasteiger partial charge on any atom is -0.309 e. The van der Waals surface area contributed by atoms with Gasteiger partial charge in [-0.25, -0.2) is 4.39 Å². The molecule has 1 aromatic carbocycles. The highest BCUT2D eigenvalue weighted by Crippen LogP contribution is 2.19. The summed E-state index contributed by atoms with van der Waals surface area (Å²) in [4.78, 5) is 0. The Balaban J connectivity index is 2.66. The average Bonchev–Trinajstić information content (AvgIpc) is 2.26. The minimum absolute atomic E-state index is 0.000417. The van der Waals surface area contributed by atoms with Crippen molar-refractivity contribution in [2.24, 2.45) is 0 Å². The van der Waals surface area contributed by atoms with Crippen LogP contribution in [-0.4, -0.2) is 6.54 Å². The van der Waals surface area contributed by atoms with Gasteiger partial charge in [-0.1, -0.05) is 25.1 Å². The average molecular weight is 206 g/mol. The molecule has 0 radical (unpaired) electrons. The van der Waals surface area contributed by atoms with Crippen LogP contribution >= 0.6 is 0 Å². The Kier molecular flexibility index (Phi) is 4.79. The van der Waals surface area contributed by atoms with E-state index in [9.17, 15) is 4.39 Å². The molecule has 0 aliphatic rings. The number of nitriles is 1. The Morgan fingerprint density at radius 2 is 2.20 bits per heavy atom. The van der Waals surface area contributed by atoms with Crippen molar-refractivity contribution in [2.45, 2.75) is 25.8 Å². The predicted octanol–water partition coefficient (Wildman–Crippen LogP) is 2.78. The van der Waals surface area contributed by atoms with E-state index in [0.29, 0.717) is 18.5 Å². The van der Waals surface area contributed by atoms with Crippen LogP contribution in [0.4, 0.5) is 4.39 Å². The molecule has 0 amide bonds. The number of halogens is 1. The zero-order valence-electron chi connectivity index (χ0n) is 8.83. The standard InChI is InChI=1S/C12H15FN2/c1-2-12(15-9-5-8-14)10-6-3-4-7-11(10)13/h3-4,6-7,12,15H,2,5,9H2,1H3. The summed E-state index contributed by atoms with van der Waals surface area (Å²) in [6, 6.07) is 8.81. The second-order valence-corrected chi connectivity index (χ2v) is 3.34. The zero-order chi connectivity index (χ0) is 11.1. The third-order valence-corrected chi connectivity index (χ3v) is 2.32. The lowest BCUT2D eigenvalue weighted by atomic mass is 10.0. The molecule has 3 heteroatoms. The number of rotatable bonds is 5. The summed E-state index contributed by atoms with van der Waals surface area (Å²) in [5.41, 5.74) is 0.679. The van der Waals surface area contributed by atoms with Crippen LogP contribution < -0.4 is 5.32 Å². The fraction of sp³-hybridized carbons (Fsp3) is 0.417. The van der Waals surface area contributed by atoms with E-state index in [1.165, 1.54) is 6.07 Å². The van der Waals surface area contributed by atoms with Crippen LogP contribution in [-0.2, 0) is 0 Å². The highest BCUT2D eigenvalue weighted by atomic mass is 19.1. The van der Waals surface area contributed by atoms with Crippen molar-refractivity contribution >= 4 is 0 Å². The summed E-state index contributed by atoms with van der Waals surface area (Å²) < 4.78 is 13.4.